The average molecular weight is 742 g/mol. The van der Waals surface area contributed by atoms with Gasteiger partial charge in [0.2, 0.25) is 0 Å². The van der Waals surface area contributed by atoms with Crippen LogP contribution in [0.2, 0.25) is 10.0 Å². The van der Waals surface area contributed by atoms with Gasteiger partial charge in [0, 0.05) is 55.8 Å². The number of benzene rings is 6. The average Bonchev–Trinajstić information content (AvgIpc) is 3.09. The monoisotopic (exact) mass is 740 g/mol. The highest BCUT2D eigenvalue weighted by atomic mass is 35.5. The lowest BCUT2D eigenvalue weighted by molar-refractivity contribution is 0.0757. The van der Waals surface area contributed by atoms with Gasteiger partial charge in [-0.1, -0.05) is 47.5 Å². The molecule has 0 radical (unpaired) electrons. The molecular formula is C40H34Cl2N2O8. The summed E-state index contributed by atoms with van der Waals surface area (Å²) in [6, 6.07) is 19.7. The second kappa shape index (κ2) is 14.1. The van der Waals surface area contributed by atoms with Crippen LogP contribution in [0.25, 0.3) is 32.7 Å². The van der Waals surface area contributed by atoms with E-state index in [9.17, 15) is 40.2 Å². The topological polar surface area (TPSA) is 185 Å². The fourth-order valence-electron chi connectivity index (χ4n) is 6.66. The van der Waals surface area contributed by atoms with Crippen molar-refractivity contribution in [1.82, 2.24) is 4.90 Å². The maximum atomic E-state index is 14.5. The minimum absolute atomic E-state index is 0.0138. The van der Waals surface area contributed by atoms with E-state index in [0.29, 0.717) is 34.0 Å². The number of aryl methyl sites for hydroxylation is 2. The Bertz CT molecular complexity index is 2360. The standard InChI is InChI=1S/C40H34Cl2N2O8/c1-19-15-25-27(17-29(45)37(49)33(25)39(43)51)35(47)31(19)32-20(2)16-26-28(36(32)48)18-30(46)38(50)34(26)40(52)44(13-11-21-3-7-23(41)8-4-21)14-12-22-5-9-24(42)10-6-22/h3-10,15-18,45-50H,11-14H2,1-2H3,(H2,43,51). The van der Waals surface area contributed by atoms with Gasteiger partial charge in [-0.05, 0) is 97.5 Å². The third-order valence-electron chi connectivity index (χ3n) is 9.30. The quantitative estimate of drug-likeness (QED) is 0.0731. The minimum Gasteiger partial charge on any atom is -0.507 e. The van der Waals surface area contributed by atoms with Crippen LogP contribution in [0.3, 0.4) is 0 Å². The van der Waals surface area contributed by atoms with Crippen molar-refractivity contribution in [3.63, 3.8) is 0 Å². The zero-order chi connectivity index (χ0) is 37.6. The molecule has 0 spiro atoms. The summed E-state index contributed by atoms with van der Waals surface area (Å²) in [6.45, 7) is 3.73. The third-order valence-corrected chi connectivity index (χ3v) is 9.80. The van der Waals surface area contributed by atoms with E-state index in [1.807, 2.05) is 24.3 Å². The van der Waals surface area contributed by atoms with Gasteiger partial charge in [-0.15, -0.1) is 0 Å². The zero-order valence-corrected chi connectivity index (χ0v) is 29.5. The van der Waals surface area contributed by atoms with Gasteiger partial charge >= 0.3 is 0 Å². The Labute approximate surface area is 308 Å². The number of carbonyl (C=O) groups excluding carboxylic acids is 2. The Balaban J connectivity index is 1.49. The predicted octanol–water partition coefficient (Wildman–Crippen LogP) is 7.84. The summed E-state index contributed by atoms with van der Waals surface area (Å²) in [5, 5.41) is 67.6. The molecule has 2 amide bonds. The number of carbonyl (C=O) groups is 2. The Morgan fingerprint density at radius 3 is 1.37 bits per heavy atom. The summed E-state index contributed by atoms with van der Waals surface area (Å²) in [4.78, 5) is 28.2. The number of rotatable bonds is 9. The Morgan fingerprint density at radius 2 is 0.962 bits per heavy atom. The predicted molar refractivity (Wildman–Crippen MR) is 201 cm³/mol. The van der Waals surface area contributed by atoms with Crippen LogP contribution in [0.4, 0.5) is 0 Å². The van der Waals surface area contributed by atoms with Gasteiger partial charge in [-0.2, -0.15) is 0 Å². The molecule has 6 rings (SSSR count). The van der Waals surface area contributed by atoms with Crippen LogP contribution in [-0.2, 0) is 12.8 Å². The van der Waals surface area contributed by atoms with Crippen molar-refractivity contribution in [2.75, 3.05) is 13.1 Å². The van der Waals surface area contributed by atoms with Crippen molar-refractivity contribution < 1.29 is 40.2 Å². The maximum Gasteiger partial charge on any atom is 0.258 e. The first-order chi connectivity index (χ1) is 24.7. The van der Waals surface area contributed by atoms with E-state index >= 15 is 0 Å². The Hall–Kier alpha value is -5.84. The first-order valence-electron chi connectivity index (χ1n) is 16.2. The summed E-state index contributed by atoms with van der Waals surface area (Å²) in [5.74, 6) is -5.20. The molecule has 12 heteroatoms. The van der Waals surface area contributed by atoms with Crippen LogP contribution in [0.15, 0.2) is 72.8 Å². The minimum atomic E-state index is -1.03. The number of phenolic OH excluding ortho intramolecular Hbond substituents is 5. The largest absolute Gasteiger partial charge is 0.507 e. The Morgan fingerprint density at radius 1 is 0.577 bits per heavy atom. The molecule has 52 heavy (non-hydrogen) atoms. The van der Waals surface area contributed by atoms with Crippen molar-refractivity contribution in [2.45, 2.75) is 26.7 Å². The Kier molecular flexibility index (Phi) is 9.72. The number of hydrogen-bond acceptors (Lipinski definition) is 8. The number of aromatic hydroxyl groups is 6. The molecule has 6 aromatic carbocycles. The lowest BCUT2D eigenvalue weighted by Crippen LogP contribution is -2.35. The molecule has 0 saturated carbocycles. The summed E-state index contributed by atoms with van der Waals surface area (Å²) in [6.07, 6.45) is 0.918. The van der Waals surface area contributed by atoms with Gasteiger partial charge in [-0.3, -0.25) is 9.59 Å². The highest BCUT2D eigenvalue weighted by Gasteiger charge is 2.29. The molecule has 0 aromatic heterocycles. The van der Waals surface area contributed by atoms with Crippen LogP contribution in [-0.4, -0.2) is 60.4 Å². The van der Waals surface area contributed by atoms with Gasteiger partial charge in [0.25, 0.3) is 11.8 Å². The van der Waals surface area contributed by atoms with Crippen molar-refractivity contribution in [1.29, 1.82) is 0 Å². The second-order valence-electron chi connectivity index (χ2n) is 12.7. The van der Waals surface area contributed by atoms with E-state index in [4.69, 9.17) is 28.9 Å². The van der Waals surface area contributed by atoms with Crippen molar-refractivity contribution >= 4 is 56.6 Å². The lowest BCUT2D eigenvalue weighted by Gasteiger charge is -2.25. The van der Waals surface area contributed by atoms with Crippen LogP contribution in [0, 0.1) is 13.8 Å². The fraction of sp³-hybridized carbons (Fsp3) is 0.150. The molecule has 0 bridgehead atoms. The third kappa shape index (κ3) is 6.54. The molecule has 0 unspecified atom stereocenters. The molecule has 10 nitrogen and oxygen atoms in total. The van der Waals surface area contributed by atoms with E-state index in [0.717, 1.165) is 23.3 Å². The van der Waals surface area contributed by atoms with Crippen LogP contribution >= 0.6 is 23.2 Å². The van der Waals surface area contributed by atoms with Crippen molar-refractivity contribution in [3.8, 4) is 45.6 Å². The number of hydrogen-bond donors (Lipinski definition) is 7. The number of phenols is 6. The number of nitrogens with zero attached hydrogens (tertiary/aromatic N) is 1. The maximum absolute atomic E-state index is 14.5. The van der Waals surface area contributed by atoms with Crippen LogP contribution in [0.5, 0.6) is 34.5 Å². The molecule has 266 valence electrons. The normalized spacial score (nSPS) is 11.3. The lowest BCUT2D eigenvalue weighted by atomic mass is 9.87. The molecule has 0 aliphatic heterocycles. The van der Waals surface area contributed by atoms with E-state index in [1.54, 1.807) is 49.1 Å². The molecule has 0 heterocycles. The second-order valence-corrected chi connectivity index (χ2v) is 13.5. The molecule has 0 atom stereocenters. The highest BCUT2D eigenvalue weighted by Crippen LogP contribution is 2.51. The van der Waals surface area contributed by atoms with E-state index < -0.39 is 46.3 Å². The number of halogens is 2. The number of nitrogens with two attached hydrogens (primary N) is 1. The van der Waals surface area contributed by atoms with Gasteiger partial charge in [0.15, 0.2) is 23.0 Å². The summed E-state index contributed by atoms with van der Waals surface area (Å²) in [7, 11) is 0. The van der Waals surface area contributed by atoms with Crippen LogP contribution in [0.1, 0.15) is 43.0 Å². The SMILES string of the molecule is Cc1cc2c(C(N)=O)c(O)c(O)cc2c(O)c1-c1c(C)cc2c(C(=O)N(CCc3ccc(Cl)cc3)CCc3ccc(Cl)cc3)c(O)c(O)cc2c1O. The highest BCUT2D eigenvalue weighted by molar-refractivity contribution is 6.30. The molecule has 0 aliphatic carbocycles. The van der Waals surface area contributed by atoms with Gasteiger partial charge < -0.3 is 41.3 Å². The molecule has 6 aromatic rings. The van der Waals surface area contributed by atoms with Crippen molar-refractivity contribution in [3.05, 3.63) is 116 Å². The summed E-state index contributed by atoms with van der Waals surface area (Å²) in [5.41, 5.74) is 7.72. The summed E-state index contributed by atoms with van der Waals surface area (Å²) < 4.78 is 0. The van der Waals surface area contributed by atoms with Gasteiger partial charge in [-0.25, -0.2) is 0 Å². The van der Waals surface area contributed by atoms with Gasteiger partial charge in [0.1, 0.15) is 11.5 Å². The molecule has 8 N–H and O–H groups in total. The fourth-order valence-corrected chi connectivity index (χ4v) is 6.91. The van der Waals surface area contributed by atoms with E-state index in [2.05, 4.69) is 0 Å². The smallest absolute Gasteiger partial charge is 0.258 e. The van der Waals surface area contributed by atoms with E-state index in [1.165, 1.54) is 6.07 Å². The van der Waals surface area contributed by atoms with Crippen molar-refractivity contribution in [2.24, 2.45) is 5.73 Å². The first-order valence-corrected chi connectivity index (χ1v) is 16.9. The molecular weight excluding hydrogens is 707 g/mol. The number of amides is 2. The first kappa shape index (κ1) is 36.0. The van der Waals surface area contributed by atoms with Gasteiger partial charge in [0.05, 0.1) is 11.1 Å². The molecule has 0 aliphatic rings. The zero-order valence-electron chi connectivity index (χ0n) is 28.0. The molecule has 0 fully saturated rings. The molecule has 0 saturated heterocycles. The van der Waals surface area contributed by atoms with E-state index in [-0.39, 0.29) is 56.9 Å². The number of primary amides is 1. The summed E-state index contributed by atoms with van der Waals surface area (Å²) >= 11 is 12.1. The number of fused-ring (bicyclic) bond motifs is 2. The van der Waals surface area contributed by atoms with Crippen LogP contribution < -0.4 is 5.73 Å².